The molecule has 3 nitrogen and oxygen atoms in total. The van der Waals surface area contributed by atoms with Gasteiger partial charge in [-0.25, -0.2) is 0 Å². The van der Waals surface area contributed by atoms with Crippen LogP contribution in [0.25, 0.3) is 0 Å². The van der Waals surface area contributed by atoms with Gasteiger partial charge in [0.2, 0.25) is 0 Å². The van der Waals surface area contributed by atoms with Crippen molar-refractivity contribution < 1.29 is 0 Å². The fraction of sp³-hybridized carbons (Fsp3) is 0.750. The molecule has 0 bridgehead atoms. The van der Waals surface area contributed by atoms with Crippen molar-refractivity contribution in [3.05, 3.63) is 35.9 Å². The highest BCUT2D eigenvalue weighted by Crippen LogP contribution is 2.39. The summed E-state index contributed by atoms with van der Waals surface area (Å²) in [4.78, 5) is 8.13. The minimum atomic E-state index is 0.493. The largest absolute Gasteiger partial charge is 0.306 e. The van der Waals surface area contributed by atoms with E-state index in [4.69, 9.17) is 0 Å². The van der Waals surface area contributed by atoms with Gasteiger partial charge in [-0.15, -0.1) is 0 Å². The summed E-state index contributed by atoms with van der Waals surface area (Å²) in [5.74, 6) is 0.990. The molecule has 0 aromatic heterocycles. The quantitative estimate of drug-likeness (QED) is 0.769. The van der Waals surface area contributed by atoms with Gasteiger partial charge in [-0.3, -0.25) is 9.80 Å². The van der Waals surface area contributed by atoms with Gasteiger partial charge in [-0.05, 0) is 50.9 Å². The van der Waals surface area contributed by atoms with Crippen LogP contribution >= 0.6 is 0 Å². The van der Waals surface area contributed by atoms with Gasteiger partial charge in [0.15, 0.2) is 0 Å². The lowest BCUT2D eigenvalue weighted by atomic mass is 9.73. The minimum absolute atomic E-state index is 0.493. The number of rotatable bonds is 5. The van der Waals surface area contributed by atoms with E-state index in [0.717, 1.165) is 12.5 Å². The van der Waals surface area contributed by atoms with Crippen LogP contribution < -0.4 is 0 Å². The van der Waals surface area contributed by atoms with Gasteiger partial charge < -0.3 is 4.90 Å². The van der Waals surface area contributed by atoms with Crippen molar-refractivity contribution >= 4 is 0 Å². The summed E-state index contributed by atoms with van der Waals surface area (Å²) in [6, 6.07) is 11.0. The van der Waals surface area contributed by atoms with Crippen molar-refractivity contribution in [1.82, 2.24) is 14.7 Å². The fourth-order valence-corrected chi connectivity index (χ4v) is 5.83. The van der Waals surface area contributed by atoms with E-state index >= 15 is 0 Å². The monoisotopic (exact) mass is 369 g/mol. The first-order valence-electron chi connectivity index (χ1n) is 11.4. The predicted molar refractivity (Wildman–Crippen MR) is 114 cm³/mol. The SMILES string of the molecule is CN1CCC(CC2CCCCC2)(N2CCN(Cc3ccccc3)CC2)CC1. The summed E-state index contributed by atoms with van der Waals surface area (Å²) >= 11 is 0. The van der Waals surface area contributed by atoms with Gasteiger partial charge in [0.1, 0.15) is 0 Å². The Kier molecular flexibility index (Phi) is 6.52. The summed E-state index contributed by atoms with van der Waals surface area (Å²) in [5.41, 5.74) is 1.95. The zero-order valence-corrected chi connectivity index (χ0v) is 17.4. The zero-order chi connectivity index (χ0) is 18.5. The van der Waals surface area contributed by atoms with E-state index in [1.165, 1.54) is 96.2 Å². The highest BCUT2D eigenvalue weighted by Gasteiger charge is 2.41. The van der Waals surface area contributed by atoms with Crippen molar-refractivity contribution in [2.45, 2.75) is 63.5 Å². The van der Waals surface area contributed by atoms with Crippen LogP contribution in [0.1, 0.15) is 56.9 Å². The second-order valence-electron chi connectivity index (χ2n) is 9.48. The molecule has 1 aromatic carbocycles. The normalized spacial score (nSPS) is 26.3. The maximum Gasteiger partial charge on any atom is 0.0237 e. The van der Waals surface area contributed by atoms with Crippen molar-refractivity contribution in [2.24, 2.45) is 5.92 Å². The third kappa shape index (κ3) is 4.93. The number of hydrogen-bond donors (Lipinski definition) is 0. The first-order chi connectivity index (χ1) is 13.2. The summed E-state index contributed by atoms with van der Waals surface area (Å²) in [6.45, 7) is 8.70. The maximum absolute atomic E-state index is 2.93. The molecule has 3 heteroatoms. The number of benzene rings is 1. The Morgan fingerprint density at radius 2 is 1.52 bits per heavy atom. The summed E-state index contributed by atoms with van der Waals surface area (Å²) in [5, 5.41) is 0. The van der Waals surface area contributed by atoms with Gasteiger partial charge in [-0.1, -0.05) is 62.4 Å². The van der Waals surface area contributed by atoms with E-state index < -0.39 is 0 Å². The lowest BCUT2D eigenvalue weighted by molar-refractivity contribution is -0.0254. The Morgan fingerprint density at radius 1 is 0.852 bits per heavy atom. The van der Waals surface area contributed by atoms with E-state index in [-0.39, 0.29) is 0 Å². The highest BCUT2D eigenvalue weighted by molar-refractivity contribution is 5.14. The number of nitrogens with zero attached hydrogens (tertiary/aromatic N) is 3. The van der Waals surface area contributed by atoms with Crippen molar-refractivity contribution in [1.29, 1.82) is 0 Å². The topological polar surface area (TPSA) is 9.72 Å². The molecule has 0 atom stereocenters. The van der Waals surface area contributed by atoms with Crippen LogP contribution in [-0.4, -0.2) is 66.6 Å². The number of likely N-dealkylation sites (tertiary alicyclic amines) is 1. The second-order valence-corrected chi connectivity index (χ2v) is 9.48. The van der Waals surface area contributed by atoms with E-state index in [1.54, 1.807) is 0 Å². The van der Waals surface area contributed by atoms with Crippen LogP contribution in [0.15, 0.2) is 30.3 Å². The van der Waals surface area contributed by atoms with Gasteiger partial charge in [-0.2, -0.15) is 0 Å². The molecule has 3 aliphatic rings. The van der Waals surface area contributed by atoms with E-state index in [2.05, 4.69) is 52.1 Å². The first kappa shape index (κ1) is 19.4. The Hall–Kier alpha value is -0.900. The van der Waals surface area contributed by atoms with Crippen LogP contribution in [0.3, 0.4) is 0 Å². The van der Waals surface area contributed by atoms with Crippen LogP contribution in [-0.2, 0) is 6.54 Å². The molecule has 3 fully saturated rings. The van der Waals surface area contributed by atoms with Crippen LogP contribution in [0.2, 0.25) is 0 Å². The number of hydrogen-bond acceptors (Lipinski definition) is 3. The molecule has 4 rings (SSSR count). The Morgan fingerprint density at radius 3 is 2.19 bits per heavy atom. The maximum atomic E-state index is 2.93. The van der Waals surface area contributed by atoms with Crippen molar-refractivity contribution in [2.75, 3.05) is 46.3 Å². The first-order valence-corrected chi connectivity index (χ1v) is 11.4. The summed E-state index contributed by atoms with van der Waals surface area (Å²) < 4.78 is 0. The Balaban J connectivity index is 1.37. The second kappa shape index (κ2) is 9.07. The van der Waals surface area contributed by atoms with Gasteiger partial charge in [0.05, 0.1) is 0 Å². The molecule has 1 aromatic rings. The third-order valence-corrected chi connectivity index (χ3v) is 7.60. The van der Waals surface area contributed by atoms with Crippen molar-refractivity contribution in [3.8, 4) is 0 Å². The average Bonchev–Trinajstić information content (AvgIpc) is 2.72. The van der Waals surface area contributed by atoms with Gasteiger partial charge in [0, 0.05) is 38.3 Å². The molecule has 0 unspecified atom stereocenters. The number of piperidine rings is 1. The van der Waals surface area contributed by atoms with Gasteiger partial charge in [0.25, 0.3) is 0 Å². The third-order valence-electron chi connectivity index (χ3n) is 7.60. The molecule has 2 heterocycles. The Labute approximate surface area is 166 Å². The average molecular weight is 370 g/mol. The Bertz CT molecular complexity index is 550. The van der Waals surface area contributed by atoms with E-state index in [9.17, 15) is 0 Å². The molecule has 2 saturated heterocycles. The molecule has 0 amide bonds. The molecular formula is C24H39N3. The van der Waals surface area contributed by atoms with E-state index in [1.807, 2.05) is 0 Å². The molecule has 0 N–H and O–H groups in total. The minimum Gasteiger partial charge on any atom is -0.306 e. The van der Waals surface area contributed by atoms with Crippen LogP contribution in [0, 0.1) is 5.92 Å². The standard InChI is InChI=1S/C24H39N3/c1-25-14-12-24(13-15-25,20-22-8-4-2-5-9-22)27-18-16-26(17-19-27)21-23-10-6-3-7-11-23/h3,6-7,10-11,22H,2,4-5,8-9,12-21H2,1H3. The predicted octanol–water partition coefficient (Wildman–Crippen LogP) is 4.24. The summed E-state index contributed by atoms with van der Waals surface area (Å²) in [7, 11) is 2.31. The van der Waals surface area contributed by atoms with Crippen LogP contribution in [0.5, 0.6) is 0 Å². The fourth-order valence-electron chi connectivity index (χ4n) is 5.83. The smallest absolute Gasteiger partial charge is 0.0237 e. The zero-order valence-electron chi connectivity index (χ0n) is 17.4. The molecule has 27 heavy (non-hydrogen) atoms. The number of piperazine rings is 1. The van der Waals surface area contributed by atoms with Crippen LogP contribution in [0.4, 0.5) is 0 Å². The lowest BCUT2D eigenvalue weighted by Crippen LogP contribution is -2.60. The summed E-state index contributed by atoms with van der Waals surface area (Å²) in [6.07, 6.45) is 11.7. The molecule has 2 aliphatic heterocycles. The molecule has 150 valence electrons. The molecule has 1 aliphatic carbocycles. The molecule has 0 spiro atoms. The lowest BCUT2D eigenvalue weighted by Gasteiger charge is -2.53. The molecular weight excluding hydrogens is 330 g/mol. The molecule has 0 radical (unpaired) electrons. The van der Waals surface area contributed by atoms with Gasteiger partial charge >= 0.3 is 0 Å². The van der Waals surface area contributed by atoms with E-state index in [0.29, 0.717) is 5.54 Å². The van der Waals surface area contributed by atoms with Crippen molar-refractivity contribution in [3.63, 3.8) is 0 Å². The highest BCUT2D eigenvalue weighted by atomic mass is 15.3. The molecule has 1 saturated carbocycles.